The van der Waals surface area contributed by atoms with Gasteiger partial charge >= 0.3 is 11.7 Å². The molecule has 1 N–H and O–H groups in total. The molecule has 1 aromatic heterocycles. The fraction of sp³-hybridized carbons (Fsp3) is 0.353. The first-order chi connectivity index (χ1) is 12.0. The second-order valence-electron chi connectivity index (χ2n) is 5.06. The molecule has 0 aliphatic carbocycles. The summed E-state index contributed by atoms with van der Waals surface area (Å²) in [5, 5.41) is 11.8. The molecule has 1 heterocycles. The number of ether oxygens (including phenoxy) is 3. The number of nitro groups is 1. The lowest BCUT2D eigenvalue weighted by Crippen LogP contribution is -2.20. The summed E-state index contributed by atoms with van der Waals surface area (Å²) in [7, 11) is 0. The molecule has 134 valence electrons. The van der Waals surface area contributed by atoms with Gasteiger partial charge in [0.05, 0.1) is 22.4 Å². The van der Waals surface area contributed by atoms with E-state index in [9.17, 15) is 14.9 Å². The quantitative estimate of drug-likeness (QED) is 0.244. The van der Waals surface area contributed by atoms with Gasteiger partial charge in [-0.15, -0.1) is 6.58 Å². The van der Waals surface area contributed by atoms with E-state index < -0.39 is 17.2 Å². The summed E-state index contributed by atoms with van der Waals surface area (Å²) in [6, 6.07) is 4.47. The first-order valence-electron chi connectivity index (χ1n) is 7.88. The van der Waals surface area contributed by atoms with E-state index in [2.05, 4.69) is 11.6 Å². The van der Waals surface area contributed by atoms with Crippen molar-refractivity contribution in [2.75, 3.05) is 13.2 Å². The SMILES string of the molecule is C=CCC(OCC)Oc1ccc2[nH]c(C(=O)OCC)cc2c1[N+](=O)[O-]. The van der Waals surface area contributed by atoms with Crippen LogP contribution < -0.4 is 4.74 Å². The van der Waals surface area contributed by atoms with Crippen molar-refractivity contribution in [3.05, 3.63) is 46.7 Å². The average molecular weight is 348 g/mol. The number of nitrogens with zero attached hydrogens (tertiary/aromatic N) is 1. The van der Waals surface area contributed by atoms with Crippen LogP contribution in [0.15, 0.2) is 30.9 Å². The number of H-pyrrole nitrogens is 1. The van der Waals surface area contributed by atoms with Gasteiger partial charge in [-0.3, -0.25) is 10.1 Å². The minimum absolute atomic E-state index is 0.0622. The molecule has 0 aliphatic rings. The molecule has 1 atom stereocenters. The summed E-state index contributed by atoms with van der Waals surface area (Å²) in [5.41, 5.74) is 0.349. The first kappa shape index (κ1) is 18.5. The van der Waals surface area contributed by atoms with Crippen molar-refractivity contribution in [2.45, 2.75) is 26.6 Å². The van der Waals surface area contributed by atoms with Gasteiger partial charge in [0.2, 0.25) is 12.0 Å². The Morgan fingerprint density at radius 2 is 2.16 bits per heavy atom. The highest BCUT2D eigenvalue weighted by atomic mass is 16.7. The van der Waals surface area contributed by atoms with E-state index in [0.717, 1.165) is 0 Å². The Morgan fingerprint density at radius 3 is 2.76 bits per heavy atom. The zero-order chi connectivity index (χ0) is 18.4. The maximum Gasteiger partial charge on any atom is 0.354 e. The van der Waals surface area contributed by atoms with Gasteiger partial charge in [-0.1, -0.05) is 6.08 Å². The van der Waals surface area contributed by atoms with E-state index >= 15 is 0 Å². The van der Waals surface area contributed by atoms with E-state index in [0.29, 0.717) is 18.5 Å². The van der Waals surface area contributed by atoms with Crippen LogP contribution in [0.25, 0.3) is 10.9 Å². The molecule has 8 heteroatoms. The minimum Gasteiger partial charge on any atom is -0.461 e. The summed E-state index contributed by atoms with van der Waals surface area (Å²) in [4.78, 5) is 25.7. The molecule has 0 spiro atoms. The number of carbonyl (C=O) groups is 1. The van der Waals surface area contributed by atoms with E-state index in [-0.39, 0.29) is 29.1 Å². The number of rotatable bonds is 9. The van der Waals surface area contributed by atoms with Gasteiger partial charge in [0.1, 0.15) is 5.69 Å². The average Bonchev–Trinajstić information content (AvgIpc) is 2.99. The van der Waals surface area contributed by atoms with E-state index in [1.165, 1.54) is 12.1 Å². The van der Waals surface area contributed by atoms with Crippen molar-refractivity contribution >= 4 is 22.6 Å². The van der Waals surface area contributed by atoms with Crippen molar-refractivity contribution < 1.29 is 23.9 Å². The Bertz CT molecular complexity index is 783. The molecule has 2 aromatic rings. The molecule has 0 bridgehead atoms. The highest BCUT2D eigenvalue weighted by Gasteiger charge is 2.25. The molecule has 2 rings (SSSR count). The highest BCUT2D eigenvalue weighted by molar-refractivity contribution is 5.99. The lowest BCUT2D eigenvalue weighted by molar-refractivity contribution is -0.384. The third-order valence-corrected chi connectivity index (χ3v) is 3.39. The lowest BCUT2D eigenvalue weighted by Gasteiger charge is -2.17. The zero-order valence-corrected chi connectivity index (χ0v) is 14.1. The van der Waals surface area contributed by atoms with Crippen LogP contribution >= 0.6 is 0 Å². The molecule has 0 fully saturated rings. The van der Waals surface area contributed by atoms with Crippen LogP contribution in [-0.2, 0) is 9.47 Å². The summed E-state index contributed by atoms with van der Waals surface area (Å²) in [6.07, 6.45) is 1.31. The second kappa shape index (κ2) is 8.29. The van der Waals surface area contributed by atoms with Crippen LogP contribution in [0.3, 0.4) is 0 Å². The molecule has 0 saturated carbocycles. The molecule has 1 unspecified atom stereocenters. The maximum absolute atomic E-state index is 11.8. The van der Waals surface area contributed by atoms with Crippen molar-refractivity contribution in [1.82, 2.24) is 4.98 Å². The van der Waals surface area contributed by atoms with Crippen LogP contribution in [0.5, 0.6) is 5.75 Å². The number of esters is 1. The highest BCUT2D eigenvalue weighted by Crippen LogP contribution is 2.36. The monoisotopic (exact) mass is 348 g/mol. The Labute approximate surface area is 144 Å². The van der Waals surface area contributed by atoms with Gasteiger partial charge in [0.25, 0.3) is 0 Å². The van der Waals surface area contributed by atoms with Gasteiger partial charge < -0.3 is 19.2 Å². The lowest BCUT2D eigenvalue weighted by atomic mass is 10.2. The number of benzene rings is 1. The Balaban J connectivity index is 2.47. The maximum atomic E-state index is 11.8. The Kier molecular flexibility index (Phi) is 6.13. The molecule has 0 saturated heterocycles. The molecular formula is C17H20N2O6. The number of nitro benzene ring substituents is 1. The predicted molar refractivity (Wildman–Crippen MR) is 91.8 cm³/mol. The molecular weight excluding hydrogens is 328 g/mol. The molecule has 0 aliphatic heterocycles. The van der Waals surface area contributed by atoms with Gasteiger partial charge in [-0.05, 0) is 32.0 Å². The minimum atomic E-state index is -0.679. The zero-order valence-electron chi connectivity index (χ0n) is 14.1. The van der Waals surface area contributed by atoms with Gasteiger partial charge in [-0.25, -0.2) is 4.79 Å². The number of fused-ring (bicyclic) bond motifs is 1. The van der Waals surface area contributed by atoms with Gasteiger partial charge in [-0.2, -0.15) is 0 Å². The normalized spacial score (nSPS) is 11.9. The molecule has 25 heavy (non-hydrogen) atoms. The standard InChI is InChI=1S/C17H20N2O6/c1-4-7-15(23-5-2)25-14-9-8-12-11(16(14)19(21)22)10-13(18-12)17(20)24-6-3/h4,8-10,15,18H,1,5-7H2,2-3H3. The van der Waals surface area contributed by atoms with Crippen LogP contribution in [-0.4, -0.2) is 35.4 Å². The Morgan fingerprint density at radius 1 is 1.40 bits per heavy atom. The number of hydrogen-bond acceptors (Lipinski definition) is 6. The van der Waals surface area contributed by atoms with E-state index in [1.807, 2.05) is 0 Å². The number of aromatic nitrogens is 1. The van der Waals surface area contributed by atoms with Crippen molar-refractivity contribution in [3.63, 3.8) is 0 Å². The summed E-state index contributed by atoms with van der Waals surface area (Å²) >= 11 is 0. The number of hydrogen-bond donors (Lipinski definition) is 1. The van der Waals surface area contributed by atoms with Crippen molar-refractivity contribution in [2.24, 2.45) is 0 Å². The van der Waals surface area contributed by atoms with Crippen LogP contribution in [0.2, 0.25) is 0 Å². The summed E-state index contributed by atoms with van der Waals surface area (Å²) < 4.78 is 16.0. The molecule has 0 radical (unpaired) electrons. The fourth-order valence-corrected chi connectivity index (χ4v) is 2.38. The molecule has 1 aromatic carbocycles. The first-order valence-corrected chi connectivity index (χ1v) is 7.88. The Hall–Kier alpha value is -2.87. The van der Waals surface area contributed by atoms with Gasteiger partial charge in [0, 0.05) is 13.0 Å². The number of nitrogens with one attached hydrogen (secondary N) is 1. The second-order valence-corrected chi connectivity index (χ2v) is 5.06. The summed E-state index contributed by atoms with van der Waals surface area (Å²) in [6.45, 7) is 7.71. The number of carbonyl (C=O) groups excluding carboxylic acids is 1. The smallest absolute Gasteiger partial charge is 0.354 e. The predicted octanol–water partition coefficient (Wildman–Crippen LogP) is 3.57. The van der Waals surface area contributed by atoms with Gasteiger partial charge in [0.15, 0.2) is 0 Å². The fourth-order valence-electron chi connectivity index (χ4n) is 2.38. The van der Waals surface area contributed by atoms with E-state index in [1.54, 1.807) is 26.0 Å². The third-order valence-electron chi connectivity index (χ3n) is 3.39. The molecule has 0 amide bonds. The largest absolute Gasteiger partial charge is 0.461 e. The third kappa shape index (κ3) is 4.16. The van der Waals surface area contributed by atoms with Crippen LogP contribution in [0.1, 0.15) is 30.8 Å². The van der Waals surface area contributed by atoms with E-state index in [4.69, 9.17) is 14.2 Å². The van der Waals surface area contributed by atoms with Crippen LogP contribution in [0, 0.1) is 10.1 Å². The summed E-state index contributed by atoms with van der Waals surface area (Å²) in [5.74, 6) is -0.512. The topological polar surface area (TPSA) is 104 Å². The number of aromatic amines is 1. The molecule has 8 nitrogen and oxygen atoms in total. The van der Waals surface area contributed by atoms with Crippen LogP contribution in [0.4, 0.5) is 5.69 Å². The van der Waals surface area contributed by atoms with Crippen molar-refractivity contribution in [1.29, 1.82) is 0 Å². The van der Waals surface area contributed by atoms with Crippen molar-refractivity contribution in [3.8, 4) is 5.75 Å².